The molecule has 2 atom stereocenters. The van der Waals surface area contributed by atoms with Crippen LogP contribution in [0.15, 0.2) is 58.7 Å². The molecular weight excluding hydrogens is 435 g/mol. The van der Waals surface area contributed by atoms with Crippen molar-refractivity contribution in [3.05, 3.63) is 69.3 Å². The summed E-state index contributed by atoms with van der Waals surface area (Å²) in [4.78, 5) is 31.2. The smallest absolute Gasteiger partial charge is 0.254 e. The molecule has 0 saturated heterocycles. The van der Waals surface area contributed by atoms with Crippen LogP contribution in [0.1, 0.15) is 37.7 Å². The van der Waals surface area contributed by atoms with Gasteiger partial charge in [-0.05, 0) is 43.5 Å². The summed E-state index contributed by atoms with van der Waals surface area (Å²) >= 11 is 12.9. The van der Waals surface area contributed by atoms with E-state index in [0.29, 0.717) is 44.7 Å². The van der Waals surface area contributed by atoms with Gasteiger partial charge in [-0.25, -0.2) is 0 Å². The van der Waals surface area contributed by atoms with Gasteiger partial charge in [-0.2, -0.15) is 0 Å². The number of Topliss-reactive ketones (excluding diaryl/α,β-unsaturated/α-hetero) is 1. The quantitative estimate of drug-likeness (QED) is 0.629. The first-order valence-corrected chi connectivity index (χ1v) is 10.9. The molecule has 1 fully saturated rings. The number of nitrogens with zero attached hydrogens (tertiary/aromatic N) is 1. The maximum atomic E-state index is 13.5. The highest BCUT2D eigenvalue weighted by Gasteiger charge is 2.44. The van der Waals surface area contributed by atoms with Gasteiger partial charge >= 0.3 is 0 Å². The molecule has 0 aromatic heterocycles. The van der Waals surface area contributed by atoms with E-state index >= 15 is 0 Å². The number of fused-ring (bicyclic) bond motifs is 1. The number of carbonyl (C=O) groups excluding carboxylic acids is 2. The number of carbonyl (C=O) groups is 2. The number of hydrogen-bond acceptors (Lipinski definition) is 4. The topological polar surface area (TPSA) is 67.8 Å². The van der Waals surface area contributed by atoms with E-state index in [4.69, 9.17) is 27.9 Å². The molecule has 5 nitrogen and oxygen atoms in total. The summed E-state index contributed by atoms with van der Waals surface area (Å²) in [6.07, 6.45) is 1.95. The fourth-order valence-electron chi connectivity index (χ4n) is 4.45. The third kappa shape index (κ3) is 4.00. The van der Waals surface area contributed by atoms with E-state index in [2.05, 4.69) is 10.3 Å². The SMILES string of the molecule is COc1ccccc1NC(=O)C1=C(C)N=C2CCCC(=O)[C@H]2[C@H]1c1cccc(Cl)c1Cl. The Bertz CT molecular complexity index is 1120. The summed E-state index contributed by atoms with van der Waals surface area (Å²) in [5.74, 6) is -0.807. The van der Waals surface area contributed by atoms with E-state index in [1.807, 2.05) is 18.2 Å². The molecular formula is C24H22Cl2N2O3. The highest BCUT2D eigenvalue weighted by Crippen LogP contribution is 2.46. The predicted octanol–water partition coefficient (Wildman–Crippen LogP) is 5.82. The number of aliphatic imine (C=N–C) groups is 1. The molecule has 1 amide bonds. The number of ketones is 1. The molecule has 2 aromatic rings. The van der Waals surface area contributed by atoms with Gasteiger partial charge in [0.25, 0.3) is 5.91 Å². The minimum atomic E-state index is -0.554. The lowest BCUT2D eigenvalue weighted by molar-refractivity contribution is -0.122. The molecule has 1 N–H and O–H groups in total. The summed E-state index contributed by atoms with van der Waals surface area (Å²) < 4.78 is 5.36. The minimum Gasteiger partial charge on any atom is -0.495 e. The van der Waals surface area contributed by atoms with Crippen molar-refractivity contribution in [3.63, 3.8) is 0 Å². The Kier molecular flexibility index (Phi) is 6.17. The van der Waals surface area contributed by atoms with Crippen LogP contribution in [-0.2, 0) is 9.59 Å². The minimum absolute atomic E-state index is 0.0705. The zero-order valence-electron chi connectivity index (χ0n) is 17.2. The molecule has 2 aliphatic rings. The van der Waals surface area contributed by atoms with Crippen molar-refractivity contribution in [1.82, 2.24) is 0 Å². The van der Waals surface area contributed by atoms with E-state index in [-0.39, 0.29) is 11.7 Å². The number of hydrogen-bond donors (Lipinski definition) is 1. The molecule has 4 rings (SSSR count). The molecule has 1 heterocycles. The molecule has 0 radical (unpaired) electrons. The molecule has 31 heavy (non-hydrogen) atoms. The van der Waals surface area contributed by atoms with Gasteiger partial charge in [-0.3, -0.25) is 14.6 Å². The zero-order valence-corrected chi connectivity index (χ0v) is 18.8. The fourth-order valence-corrected chi connectivity index (χ4v) is 4.88. The lowest BCUT2D eigenvalue weighted by atomic mass is 9.69. The van der Waals surface area contributed by atoms with Crippen molar-refractivity contribution < 1.29 is 14.3 Å². The van der Waals surface area contributed by atoms with E-state index in [9.17, 15) is 9.59 Å². The number of halogens is 2. The lowest BCUT2D eigenvalue weighted by Crippen LogP contribution is -2.39. The van der Waals surface area contributed by atoms with Crippen LogP contribution in [0.5, 0.6) is 5.75 Å². The van der Waals surface area contributed by atoms with Crippen LogP contribution in [-0.4, -0.2) is 24.5 Å². The number of benzene rings is 2. The first-order chi connectivity index (χ1) is 14.9. The van der Waals surface area contributed by atoms with Crippen LogP contribution in [0.3, 0.4) is 0 Å². The van der Waals surface area contributed by atoms with Crippen LogP contribution in [0.25, 0.3) is 0 Å². The van der Waals surface area contributed by atoms with Crippen molar-refractivity contribution in [2.45, 2.75) is 32.1 Å². The van der Waals surface area contributed by atoms with Crippen LogP contribution >= 0.6 is 23.2 Å². The molecule has 1 aliphatic carbocycles. The Balaban J connectivity index is 1.84. The number of para-hydroxylation sites is 2. The largest absolute Gasteiger partial charge is 0.495 e. The zero-order chi connectivity index (χ0) is 22.1. The summed E-state index contributed by atoms with van der Waals surface area (Å²) in [6, 6.07) is 12.5. The summed E-state index contributed by atoms with van der Waals surface area (Å²) in [5, 5.41) is 3.66. The van der Waals surface area contributed by atoms with Crippen LogP contribution in [0.2, 0.25) is 10.0 Å². The van der Waals surface area contributed by atoms with Gasteiger partial charge < -0.3 is 10.1 Å². The summed E-state index contributed by atoms with van der Waals surface area (Å²) in [5.41, 5.74) is 3.00. The van der Waals surface area contributed by atoms with Gasteiger partial charge in [0.05, 0.1) is 28.8 Å². The number of ether oxygens (including phenoxy) is 1. The second-order valence-electron chi connectivity index (χ2n) is 7.67. The first-order valence-electron chi connectivity index (χ1n) is 10.1. The maximum Gasteiger partial charge on any atom is 0.254 e. The van der Waals surface area contributed by atoms with Gasteiger partial charge in [0.2, 0.25) is 0 Å². The number of rotatable bonds is 4. The van der Waals surface area contributed by atoms with Crippen molar-refractivity contribution >= 4 is 46.3 Å². The van der Waals surface area contributed by atoms with E-state index in [0.717, 1.165) is 18.6 Å². The molecule has 1 saturated carbocycles. The second kappa shape index (κ2) is 8.85. The Morgan fingerprint density at radius 3 is 2.65 bits per heavy atom. The van der Waals surface area contributed by atoms with Gasteiger partial charge in [-0.15, -0.1) is 0 Å². The van der Waals surface area contributed by atoms with Crippen LogP contribution in [0, 0.1) is 5.92 Å². The van der Waals surface area contributed by atoms with Gasteiger partial charge in [0.1, 0.15) is 11.5 Å². The highest BCUT2D eigenvalue weighted by atomic mass is 35.5. The number of methoxy groups -OCH3 is 1. The van der Waals surface area contributed by atoms with Gasteiger partial charge in [0, 0.05) is 29.3 Å². The number of allylic oxidation sites excluding steroid dienone is 1. The molecule has 0 unspecified atom stereocenters. The fraction of sp³-hybridized carbons (Fsp3) is 0.292. The van der Waals surface area contributed by atoms with Crippen molar-refractivity contribution in [2.75, 3.05) is 12.4 Å². The van der Waals surface area contributed by atoms with Crippen molar-refractivity contribution in [1.29, 1.82) is 0 Å². The van der Waals surface area contributed by atoms with E-state index in [1.165, 1.54) is 0 Å². The predicted molar refractivity (Wildman–Crippen MR) is 123 cm³/mol. The third-order valence-electron chi connectivity index (χ3n) is 5.82. The third-order valence-corrected chi connectivity index (χ3v) is 6.66. The van der Waals surface area contributed by atoms with E-state index in [1.54, 1.807) is 38.3 Å². The average molecular weight is 457 g/mol. The normalized spacial score (nSPS) is 20.8. The highest BCUT2D eigenvalue weighted by molar-refractivity contribution is 6.42. The molecule has 0 bridgehead atoms. The van der Waals surface area contributed by atoms with Gasteiger partial charge in [-0.1, -0.05) is 47.5 Å². The molecule has 0 spiro atoms. The molecule has 1 aliphatic heterocycles. The second-order valence-corrected chi connectivity index (χ2v) is 8.46. The summed E-state index contributed by atoms with van der Waals surface area (Å²) in [7, 11) is 1.54. The van der Waals surface area contributed by atoms with Crippen LogP contribution < -0.4 is 10.1 Å². The number of amides is 1. The Hall–Kier alpha value is -2.63. The average Bonchev–Trinajstić information content (AvgIpc) is 2.75. The number of anilines is 1. The Labute approximate surface area is 191 Å². The van der Waals surface area contributed by atoms with Gasteiger partial charge in [0.15, 0.2) is 0 Å². The van der Waals surface area contributed by atoms with Crippen molar-refractivity contribution in [2.24, 2.45) is 10.9 Å². The maximum absolute atomic E-state index is 13.5. The first kappa shape index (κ1) is 21.6. The number of nitrogens with one attached hydrogen (secondary N) is 1. The van der Waals surface area contributed by atoms with Crippen molar-refractivity contribution in [3.8, 4) is 5.75 Å². The molecule has 7 heteroatoms. The summed E-state index contributed by atoms with van der Waals surface area (Å²) in [6.45, 7) is 1.80. The van der Waals surface area contributed by atoms with Crippen LogP contribution in [0.4, 0.5) is 5.69 Å². The monoisotopic (exact) mass is 456 g/mol. The Morgan fingerprint density at radius 2 is 1.87 bits per heavy atom. The standard InChI is InChI=1S/C24H22Cl2N2O3/c1-13-20(24(30)28-16-9-3-4-12-19(16)31-2)21(14-7-5-8-15(25)23(14)26)22-17(27-13)10-6-11-18(22)29/h3-5,7-9,12,21-22H,6,10-11H2,1-2H3,(H,28,30)/t21-,22-/m0/s1. The molecule has 2 aromatic carbocycles. The lowest BCUT2D eigenvalue weighted by Gasteiger charge is -2.36. The molecule has 160 valence electrons. The Morgan fingerprint density at radius 1 is 1.10 bits per heavy atom. The van der Waals surface area contributed by atoms with E-state index < -0.39 is 11.8 Å².